The number of hydrogen-bond donors (Lipinski definition) is 2. The number of nitriles is 1. The summed E-state index contributed by atoms with van der Waals surface area (Å²) in [5.41, 5.74) is 3.89. The van der Waals surface area contributed by atoms with Crippen molar-refractivity contribution >= 4 is 46.6 Å². The van der Waals surface area contributed by atoms with Crippen molar-refractivity contribution in [3.05, 3.63) is 55.4 Å². The molecular weight excluding hydrogens is 471 g/mol. The zero-order chi connectivity index (χ0) is 24.7. The van der Waals surface area contributed by atoms with Crippen LogP contribution in [0.5, 0.6) is 0 Å². The molecule has 0 unspecified atom stereocenters. The largest absolute Gasteiger partial charge is 0.450 e. The first kappa shape index (κ1) is 25.8. The topological polar surface area (TPSA) is 138 Å². The van der Waals surface area contributed by atoms with Crippen molar-refractivity contribution in [1.82, 2.24) is 15.1 Å². The van der Waals surface area contributed by atoms with Crippen LogP contribution >= 0.6 is 23.2 Å². The third kappa shape index (κ3) is 6.78. The average molecular weight is 493 g/mol. The number of nitrogens with zero attached hydrogens (tertiary/aromatic N) is 4. The van der Waals surface area contributed by atoms with Gasteiger partial charge in [0.05, 0.1) is 18.0 Å². The number of rotatable bonds is 7. The van der Waals surface area contributed by atoms with Gasteiger partial charge >= 0.3 is 6.09 Å². The highest BCUT2D eigenvalue weighted by Crippen LogP contribution is 2.31. The van der Waals surface area contributed by atoms with Crippen molar-refractivity contribution in [3.8, 4) is 6.07 Å². The normalized spacial score (nSPS) is 11.2. The SMILES string of the molecule is CCOC(=O)NC(=O)/C(C#N)=N/Nc1cc(Cl)c(Cc2cc(C(C)C)c(=O)n(C)n2)c(Cl)c1. The Kier molecular flexibility index (Phi) is 8.96. The van der Waals surface area contributed by atoms with Gasteiger partial charge in [-0.1, -0.05) is 37.0 Å². The number of benzene rings is 1. The number of carbonyl (C=O) groups is 2. The lowest BCUT2D eigenvalue weighted by atomic mass is 10.0. The van der Waals surface area contributed by atoms with Gasteiger partial charge in [-0.3, -0.25) is 20.3 Å². The van der Waals surface area contributed by atoms with Gasteiger partial charge in [-0.15, -0.1) is 0 Å². The number of carbonyl (C=O) groups excluding carboxylic acids is 2. The molecule has 1 heterocycles. The molecule has 1 aromatic carbocycles. The van der Waals surface area contributed by atoms with Gasteiger partial charge < -0.3 is 4.74 Å². The number of nitrogens with one attached hydrogen (secondary N) is 2. The quantitative estimate of drug-likeness (QED) is 0.446. The minimum absolute atomic E-state index is 0.0243. The maximum absolute atomic E-state index is 12.2. The molecule has 12 heteroatoms. The molecule has 1 aromatic heterocycles. The summed E-state index contributed by atoms with van der Waals surface area (Å²) in [5, 5.41) is 19.5. The highest BCUT2D eigenvalue weighted by molar-refractivity contribution is 6.47. The van der Waals surface area contributed by atoms with Gasteiger partial charge in [0.1, 0.15) is 6.07 Å². The van der Waals surface area contributed by atoms with Gasteiger partial charge in [-0.05, 0) is 36.6 Å². The smallest absolute Gasteiger partial charge is 0.414 e. The van der Waals surface area contributed by atoms with E-state index in [-0.39, 0.29) is 34.6 Å². The molecular formula is C21H22Cl2N6O4. The predicted molar refractivity (Wildman–Crippen MR) is 125 cm³/mol. The fourth-order valence-electron chi connectivity index (χ4n) is 2.78. The van der Waals surface area contributed by atoms with Crippen LogP contribution in [0.15, 0.2) is 28.1 Å². The van der Waals surface area contributed by atoms with E-state index in [2.05, 4.69) is 20.4 Å². The Morgan fingerprint density at radius 2 is 1.91 bits per heavy atom. The van der Waals surface area contributed by atoms with Crippen molar-refractivity contribution in [3.63, 3.8) is 0 Å². The number of hydrogen-bond acceptors (Lipinski definition) is 8. The maximum atomic E-state index is 12.2. The van der Waals surface area contributed by atoms with Crippen LogP contribution in [0, 0.1) is 11.3 Å². The summed E-state index contributed by atoms with van der Waals surface area (Å²) in [7, 11) is 1.58. The van der Waals surface area contributed by atoms with E-state index in [0.29, 0.717) is 22.5 Å². The van der Waals surface area contributed by atoms with E-state index >= 15 is 0 Å². The Labute approximate surface area is 200 Å². The van der Waals surface area contributed by atoms with Gasteiger partial charge in [-0.2, -0.15) is 15.5 Å². The predicted octanol–water partition coefficient (Wildman–Crippen LogP) is 3.37. The van der Waals surface area contributed by atoms with E-state index in [1.165, 1.54) is 16.8 Å². The number of amides is 2. The fourth-order valence-corrected chi connectivity index (χ4v) is 3.40. The summed E-state index contributed by atoms with van der Waals surface area (Å²) in [6, 6.07) is 6.34. The molecule has 2 aromatic rings. The Morgan fingerprint density at radius 3 is 2.45 bits per heavy atom. The van der Waals surface area contributed by atoms with Gasteiger partial charge in [0.2, 0.25) is 5.71 Å². The molecule has 0 aliphatic heterocycles. The van der Waals surface area contributed by atoms with E-state index in [9.17, 15) is 14.4 Å². The van der Waals surface area contributed by atoms with Crippen LogP contribution in [0.1, 0.15) is 43.5 Å². The number of ether oxygens (including phenoxy) is 1. The zero-order valence-electron chi connectivity index (χ0n) is 18.4. The minimum Gasteiger partial charge on any atom is -0.450 e. The Morgan fingerprint density at radius 1 is 1.27 bits per heavy atom. The van der Waals surface area contributed by atoms with Crippen LogP contribution in [0.2, 0.25) is 10.0 Å². The highest BCUT2D eigenvalue weighted by atomic mass is 35.5. The number of alkyl carbamates (subject to hydrolysis) is 1. The molecule has 2 amide bonds. The Balaban J connectivity index is 2.25. The number of imide groups is 1. The molecule has 0 atom stereocenters. The number of aryl methyl sites for hydroxylation is 1. The van der Waals surface area contributed by atoms with Gasteiger partial charge in [-0.25, -0.2) is 9.48 Å². The first-order valence-electron chi connectivity index (χ1n) is 9.84. The van der Waals surface area contributed by atoms with Crippen molar-refractivity contribution in [1.29, 1.82) is 5.26 Å². The Hall–Kier alpha value is -3.42. The molecule has 0 saturated carbocycles. The lowest BCUT2D eigenvalue weighted by molar-refractivity contribution is -0.114. The van der Waals surface area contributed by atoms with Crippen molar-refractivity contribution in [2.75, 3.05) is 12.0 Å². The van der Waals surface area contributed by atoms with E-state index in [0.717, 1.165) is 0 Å². The third-order valence-electron chi connectivity index (χ3n) is 4.37. The van der Waals surface area contributed by atoms with Crippen LogP contribution < -0.4 is 16.3 Å². The molecule has 0 aliphatic carbocycles. The maximum Gasteiger partial charge on any atom is 0.414 e. The van der Waals surface area contributed by atoms with Gasteiger partial charge in [0.15, 0.2) is 0 Å². The minimum atomic E-state index is -1.03. The lowest BCUT2D eigenvalue weighted by Crippen LogP contribution is -2.36. The number of aromatic nitrogens is 2. The molecule has 0 fully saturated rings. The van der Waals surface area contributed by atoms with Crippen LogP contribution in [0.3, 0.4) is 0 Å². The molecule has 0 radical (unpaired) electrons. The van der Waals surface area contributed by atoms with E-state index in [4.69, 9.17) is 28.5 Å². The molecule has 174 valence electrons. The number of hydrazone groups is 1. The molecule has 0 spiro atoms. The van der Waals surface area contributed by atoms with E-state index in [1.54, 1.807) is 26.1 Å². The number of halogens is 2. The van der Waals surface area contributed by atoms with E-state index in [1.807, 2.05) is 19.2 Å². The first-order chi connectivity index (χ1) is 15.6. The molecule has 2 rings (SSSR count). The second-order valence-corrected chi connectivity index (χ2v) is 7.94. The first-order valence-corrected chi connectivity index (χ1v) is 10.6. The monoisotopic (exact) mass is 492 g/mol. The summed E-state index contributed by atoms with van der Waals surface area (Å²) in [5.74, 6) is -1.00. The molecule has 0 saturated heterocycles. The summed E-state index contributed by atoms with van der Waals surface area (Å²) in [4.78, 5) is 35.5. The highest BCUT2D eigenvalue weighted by Gasteiger charge is 2.17. The van der Waals surface area contributed by atoms with Crippen LogP contribution in [-0.2, 0) is 23.0 Å². The second kappa shape index (κ2) is 11.4. The molecule has 0 bridgehead atoms. The lowest BCUT2D eigenvalue weighted by Gasteiger charge is -2.12. The second-order valence-electron chi connectivity index (χ2n) is 7.13. The van der Waals surface area contributed by atoms with Gasteiger partial charge in [0, 0.05) is 29.1 Å². The summed E-state index contributed by atoms with van der Waals surface area (Å²) < 4.78 is 5.86. The Bertz CT molecular complexity index is 1180. The zero-order valence-corrected chi connectivity index (χ0v) is 19.9. The molecule has 33 heavy (non-hydrogen) atoms. The van der Waals surface area contributed by atoms with Crippen LogP contribution in [-0.4, -0.2) is 34.1 Å². The average Bonchev–Trinajstić information content (AvgIpc) is 2.73. The van der Waals surface area contributed by atoms with Crippen LogP contribution in [0.25, 0.3) is 0 Å². The van der Waals surface area contributed by atoms with Gasteiger partial charge in [0.25, 0.3) is 11.5 Å². The summed E-state index contributed by atoms with van der Waals surface area (Å²) in [6.07, 6.45) is -0.714. The summed E-state index contributed by atoms with van der Waals surface area (Å²) >= 11 is 12.8. The summed E-state index contributed by atoms with van der Waals surface area (Å²) in [6.45, 7) is 5.47. The molecule has 2 N–H and O–H groups in total. The molecule has 0 aliphatic rings. The fraction of sp³-hybridized carbons (Fsp3) is 0.333. The third-order valence-corrected chi connectivity index (χ3v) is 5.05. The molecule has 10 nitrogen and oxygen atoms in total. The number of anilines is 1. The van der Waals surface area contributed by atoms with Crippen molar-refractivity contribution < 1.29 is 14.3 Å². The van der Waals surface area contributed by atoms with Crippen molar-refractivity contribution in [2.24, 2.45) is 12.1 Å². The van der Waals surface area contributed by atoms with Crippen LogP contribution in [0.4, 0.5) is 10.5 Å². The van der Waals surface area contributed by atoms with E-state index < -0.39 is 17.7 Å². The van der Waals surface area contributed by atoms with Crippen molar-refractivity contribution in [2.45, 2.75) is 33.1 Å². The standard InChI is InChI=1S/C21H22Cl2N6O4/c1-5-33-21(32)25-19(30)18(10-24)27-26-12-8-16(22)15(17(23)9-12)7-13-6-14(11(2)3)20(31)29(4)28-13/h6,8-9,11,26H,5,7H2,1-4H3,(H,25,30,32)/b27-18+.